The Kier molecular flexibility index (Phi) is 7.89. The van der Waals surface area contributed by atoms with Crippen LogP contribution in [-0.2, 0) is 12.8 Å². The molecular weight excluding hydrogens is 457 g/mol. The van der Waals surface area contributed by atoms with Crippen molar-refractivity contribution in [2.24, 2.45) is 4.99 Å². The van der Waals surface area contributed by atoms with Crippen LogP contribution >= 0.6 is 35.3 Å². The molecule has 7 heteroatoms. The molecule has 0 amide bonds. The zero-order valence-electron chi connectivity index (χ0n) is 15.4. The van der Waals surface area contributed by atoms with Gasteiger partial charge in [-0.05, 0) is 31.9 Å². The van der Waals surface area contributed by atoms with Crippen molar-refractivity contribution in [2.45, 2.75) is 26.7 Å². The van der Waals surface area contributed by atoms with Crippen LogP contribution in [0.4, 0.5) is 0 Å². The molecular formula is C19H26IN5S. The number of nitrogens with zero attached hydrogens (tertiary/aromatic N) is 2. The molecule has 5 nitrogen and oxygen atoms in total. The summed E-state index contributed by atoms with van der Waals surface area (Å²) in [6, 6.07) is 8.46. The number of aromatic amines is 1. The van der Waals surface area contributed by atoms with Gasteiger partial charge in [0.15, 0.2) is 5.96 Å². The maximum absolute atomic E-state index is 4.48. The molecule has 0 bridgehead atoms. The van der Waals surface area contributed by atoms with E-state index < -0.39 is 0 Å². The molecule has 3 N–H and O–H groups in total. The van der Waals surface area contributed by atoms with E-state index in [0.717, 1.165) is 42.6 Å². The molecule has 0 fully saturated rings. The van der Waals surface area contributed by atoms with Crippen LogP contribution in [0.25, 0.3) is 10.9 Å². The minimum atomic E-state index is 0. The van der Waals surface area contributed by atoms with Crippen molar-refractivity contribution in [1.82, 2.24) is 20.6 Å². The molecule has 0 spiro atoms. The van der Waals surface area contributed by atoms with Gasteiger partial charge in [0.25, 0.3) is 0 Å². The van der Waals surface area contributed by atoms with Crippen molar-refractivity contribution in [1.29, 1.82) is 0 Å². The molecule has 0 aliphatic carbocycles. The van der Waals surface area contributed by atoms with Gasteiger partial charge in [0.05, 0.1) is 10.7 Å². The van der Waals surface area contributed by atoms with Gasteiger partial charge >= 0.3 is 0 Å². The summed E-state index contributed by atoms with van der Waals surface area (Å²) in [5.41, 5.74) is 4.96. The molecule has 3 rings (SSSR count). The monoisotopic (exact) mass is 483 g/mol. The number of rotatable bonds is 6. The van der Waals surface area contributed by atoms with Crippen LogP contribution < -0.4 is 10.6 Å². The second-order valence-electron chi connectivity index (χ2n) is 6.06. The lowest BCUT2D eigenvalue weighted by atomic mass is 10.1. The second kappa shape index (κ2) is 9.91. The average Bonchev–Trinajstić information content (AvgIpc) is 3.16. The first-order valence-electron chi connectivity index (χ1n) is 8.59. The minimum absolute atomic E-state index is 0. The zero-order chi connectivity index (χ0) is 17.6. The topological polar surface area (TPSA) is 65.1 Å². The van der Waals surface area contributed by atoms with E-state index in [1.54, 1.807) is 18.4 Å². The summed E-state index contributed by atoms with van der Waals surface area (Å²) in [7, 11) is 1.80. The molecule has 3 aromatic rings. The number of nitrogens with one attached hydrogen (secondary N) is 3. The van der Waals surface area contributed by atoms with Crippen molar-refractivity contribution in [3.05, 3.63) is 51.6 Å². The molecule has 0 atom stereocenters. The van der Waals surface area contributed by atoms with Crippen LogP contribution in [0.5, 0.6) is 0 Å². The van der Waals surface area contributed by atoms with Crippen LogP contribution in [-0.4, -0.2) is 36.1 Å². The van der Waals surface area contributed by atoms with Crippen molar-refractivity contribution >= 4 is 52.2 Å². The minimum Gasteiger partial charge on any atom is -0.358 e. The second-order valence-corrected chi connectivity index (χ2v) is 7.12. The number of fused-ring (bicyclic) bond motifs is 1. The molecule has 0 radical (unpaired) electrons. The molecule has 0 saturated carbocycles. The number of aryl methyl sites for hydroxylation is 2. The van der Waals surface area contributed by atoms with Crippen LogP contribution in [0.2, 0.25) is 0 Å². The van der Waals surface area contributed by atoms with Gasteiger partial charge < -0.3 is 15.6 Å². The van der Waals surface area contributed by atoms with Crippen LogP contribution in [0, 0.1) is 13.8 Å². The van der Waals surface area contributed by atoms with E-state index in [0.29, 0.717) is 0 Å². The van der Waals surface area contributed by atoms with Gasteiger partial charge in [0.1, 0.15) is 0 Å². The number of aromatic nitrogens is 2. The number of halogens is 1. The highest BCUT2D eigenvalue weighted by atomic mass is 127. The lowest BCUT2D eigenvalue weighted by molar-refractivity contribution is 0.777. The number of guanidine groups is 1. The highest BCUT2D eigenvalue weighted by molar-refractivity contribution is 14.0. The first-order chi connectivity index (χ1) is 12.2. The first kappa shape index (κ1) is 20.7. The quantitative estimate of drug-likeness (QED) is 0.284. The average molecular weight is 483 g/mol. The van der Waals surface area contributed by atoms with Gasteiger partial charge in [-0.1, -0.05) is 18.2 Å². The summed E-state index contributed by atoms with van der Waals surface area (Å²) in [5, 5.41) is 11.3. The molecule has 2 heterocycles. The molecule has 0 saturated heterocycles. The molecule has 0 aliphatic heterocycles. The molecule has 26 heavy (non-hydrogen) atoms. The van der Waals surface area contributed by atoms with E-state index in [9.17, 15) is 0 Å². The molecule has 2 aromatic heterocycles. The summed E-state index contributed by atoms with van der Waals surface area (Å²) in [6.45, 7) is 5.85. The Hall–Kier alpha value is -1.61. The van der Waals surface area contributed by atoms with Crippen molar-refractivity contribution < 1.29 is 0 Å². The van der Waals surface area contributed by atoms with Crippen molar-refractivity contribution in [3.63, 3.8) is 0 Å². The van der Waals surface area contributed by atoms with Gasteiger partial charge in [0, 0.05) is 48.5 Å². The summed E-state index contributed by atoms with van der Waals surface area (Å²) < 4.78 is 0. The van der Waals surface area contributed by atoms with Gasteiger partial charge in [-0.25, -0.2) is 4.98 Å². The third kappa shape index (κ3) is 5.20. The Morgan fingerprint density at radius 1 is 1.15 bits per heavy atom. The van der Waals surface area contributed by atoms with Crippen molar-refractivity contribution in [3.8, 4) is 0 Å². The molecule has 1 aromatic carbocycles. The highest BCUT2D eigenvalue weighted by Crippen LogP contribution is 2.21. The number of H-pyrrole nitrogens is 1. The molecule has 0 unspecified atom stereocenters. The van der Waals surface area contributed by atoms with Gasteiger partial charge in [0.2, 0.25) is 0 Å². The fourth-order valence-corrected chi connectivity index (χ4v) is 3.66. The van der Waals surface area contributed by atoms with Crippen LogP contribution in [0.15, 0.2) is 34.6 Å². The van der Waals surface area contributed by atoms with E-state index in [1.165, 1.54) is 22.2 Å². The predicted octanol–water partition coefficient (Wildman–Crippen LogP) is 3.81. The van der Waals surface area contributed by atoms with Gasteiger partial charge in [-0.15, -0.1) is 35.3 Å². The maximum Gasteiger partial charge on any atom is 0.190 e. The van der Waals surface area contributed by atoms with Gasteiger partial charge in [-0.3, -0.25) is 4.99 Å². The predicted molar refractivity (Wildman–Crippen MR) is 122 cm³/mol. The van der Waals surface area contributed by atoms with Crippen LogP contribution in [0.3, 0.4) is 0 Å². The lowest BCUT2D eigenvalue weighted by Crippen LogP contribution is -2.39. The number of hydrogen-bond donors (Lipinski definition) is 3. The summed E-state index contributed by atoms with van der Waals surface area (Å²) in [6.07, 6.45) is 1.87. The fourth-order valence-electron chi connectivity index (χ4n) is 3.02. The van der Waals surface area contributed by atoms with E-state index in [-0.39, 0.29) is 24.0 Å². The Bertz CT molecular complexity index is 868. The molecule has 0 aliphatic rings. The normalized spacial score (nSPS) is 11.4. The number of benzene rings is 1. The first-order valence-corrected chi connectivity index (χ1v) is 9.47. The smallest absolute Gasteiger partial charge is 0.190 e. The number of aliphatic imine (C=N–C) groups is 1. The van der Waals surface area contributed by atoms with E-state index in [2.05, 4.69) is 62.2 Å². The highest BCUT2D eigenvalue weighted by Gasteiger charge is 2.08. The Morgan fingerprint density at radius 3 is 2.58 bits per heavy atom. The summed E-state index contributed by atoms with van der Waals surface area (Å²) in [5.74, 6) is 0.837. The molecule has 140 valence electrons. The van der Waals surface area contributed by atoms with E-state index in [4.69, 9.17) is 0 Å². The Labute approximate surface area is 175 Å². The Balaban J connectivity index is 0.00000243. The number of thiazole rings is 1. The summed E-state index contributed by atoms with van der Waals surface area (Å²) >= 11 is 1.70. The fraction of sp³-hybridized carbons (Fsp3) is 0.368. The largest absolute Gasteiger partial charge is 0.358 e. The third-order valence-electron chi connectivity index (χ3n) is 4.26. The maximum atomic E-state index is 4.48. The van der Waals surface area contributed by atoms with E-state index in [1.807, 2.05) is 6.92 Å². The standard InChI is InChI=1S/C19H25N5S.HI/c1-13-16(17-6-4-5-7-18(17)23-13)9-11-22-19(20-3)21-10-8-15-12-25-14(2)24-15;/h4-7,12,23H,8-11H2,1-3H3,(H2,20,21,22);1H. The van der Waals surface area contributed by atoms with Crippen molar-refractivity contribution in [2.75, 3.05) is 20.1 Å². The summed E-state index contributed by atoms with van der Waals surface area (Å²) in [4.78, 5) is 12.2. The van der Waals surface area contributed by atoms with E-state index >= 15 is 0 Å². The van der Waals surface area contributed by atoms with Gasteiger partial charge in [-0.2, -0.15) is 0 Å². The lowest BCUT2D eigenvalue weighted by Gasteiger charge is -2.11. The van der Waals surface area contributed by atoms with Crippen LogP contribution in [0.1, 0.15) is 22.0 Å². The zero-order valence-corrected chi connectivity index (χ0v) is 18.6. The number of para-hydroxylation sites is 1. The number of hydrogen-bond acceptors (Lipinski definition) is 3. The third-order valence-corrected chi connectivity index (χ3v) is 5.08. The SMILES string of the molecule is CN=C(NCCc1csc(C)n1)NCCc1c(C)[nH]c2ccccc12.I. The Morgan fingerprint density at radius 2 is 1.88 bits per heavy atom.